The summed E-state index contributed by atoms with van der Waals surface area (Å²) < 4.78 is 25.4. The van der Waals surface area contributed by atoms with E-state index in [1.807, 2.05) is 0 Å². The Labute approximate surface area is 150 Å². The van der Waals surface area contributed by atoms with E-state index in [0.29, 0.717) is 11.1 Å². The molecule has 1 atom stereocenters. The number of hydrogen-bond acceptors (Lipinski definition) is 3. The highest BCUT2D eigenvalue weighted by Crippen LogP contribution is 2.21. The molecule has 0 spiro atoms. The van der Waals surface area contributed by atoms with Gasteiger partial charge >= 0.3 is 0 Å². The monoisotopic (exact) mass is 363 g/mol. The Balaban J connectivity index is 2.18. The Morgan fingerprint density at radius 2 is 1.88 bits per heavy atom. The summed E-state index contributed by atoms with van der Waals surface area (Å²) in [5.41, 5.74) is 1.50. The van der Waals surface area contributed by atoms with Crippen molar-refractivity contribution in [3.8, 4) is 0 Å². The molecule has 0 aliphatic rings. The topological polar surface area (TPSA) is 38.3 Å². The molecule has 2 rings (SSSR count). The first-order valence-corrected chi connectivity index (χ1v) is 8.45. The number of carbonyl (C=O) groups is 1. The van der Waals surface area contributed by atoms with Crippen LogP contribution in [0.4, 0.5) is 8.92 Å². The minimum atomic E-state index is -0.323. The van der Waals surface area contributed by atoms with Crippen LogP contribution in [0.1, 0.15) is 53.7 Å². The van der Waals surface area contributed by atoms with Crippen LogP contribution in [0, 0.1) is 5.82 Å². The van der Waals surface area contributed by atoms with Gasteiger partial charge in [0.1, 0.15) is 5.82 Å². The maximum absolute atomic E-state index is 13.1. The summed E-state index contributed by atoms with van der Waals surface area (Å²) in [6.07, 6.45) is 2.63. The van der Waals surface area contributed by atoms with Crippen LogP contribution < -0.4 is 5.32 Å². The van der Waals surface area contributed by atoms with Gasteiger partial charge in [-0.2, -0.15) is 0 Å². The van der Waals surface area contributed by atoms with Crippen LogP contribution in [0.25, 0.3) is 0 Å². The molecule has 3 nitrogen and oxygen atoms in total. The Hall–Kier alpha value is -2.34. The molecule has 0 heterocycles. The number of unbranched alkanes of at least 4 members (excludes halogenated alkanes) is 1. The van der Waals surface area contributed by atoms with E-state index in [0.717, 1.165) is 24.8 Å². The first-order valence-electron chi connectivity index (χ1n) is 8.04. The van der Waals surface area contributed by atoms with Gasteiger partial charge < -0.3 is 5.32 Å². The molecule has 25 heavy (non-hydrogen) atoms. The van der Waals surface area contributed by atoms with Crippen molar-refractivity contribution >= 4 is 23.2 Å². The van der Waals surface area contributed by atoms with Gasteiger partial charge in [-0.3, -0.25) is 9.74 Å². The van der Waals surface area contributed by atoms with Gasteiger partial charge in [0, 0.05) is 15.7 Å². The molecule has 132 valence electrons. The lowest BCUT2D eigenvalue weighted by Crippen LogP contribution is -2.28. The summed E-state index contributed by atoms with van der Waals surface area (Å²) in [6.45, 7) is 2.06. The molecule has 6 heteroatoms. The molecule has 1 unspecified atom stereocenters. The van der Waals surface area contributed by atoms with E-state index in [2.05, 4.69) is 17.2 Å². The van der Waals surface area contributed by atoms with Crippen LogP contribution >= 0.6 is 12.2 Å². The van der Waals surface area contributed by atoms with Gasteiger partial charge in [0.15, 0.2) is 0 Å². The van der Waals surface area contributed by atoms with E-state index in [9.17, 15) is 13.7 Å². The number of amides is 1. The van der Waals surface area contributed by atoms with Gasteiger partial charge in [-0.25, -0.2) is 4.39 Å². The van der Waals surface area contributed by atoms with E-state index >= 15 is 0 Å². The van der Waals surface area contributed by atoms with Crippen LogP contribution in [-0.2, 0) is 4.94 Å². The van der Waals surface area contributed by atoms with Crippen LogP contribution in [-0.4, -0.2) is 11.0 Å². The normalized spacial score (nSPS) is 11.6. The van der Waals surface area contributed by atoms with E-state index < -0.39 is 0 Å². The zero-order valence-electron chi connectivity index (χ0n) is 13.8. The van der Waals surface area contributed by atoms with Gasteiger partial charge in [-0.1, -0.05) is 44.0 Å². The summed E-state index contributed by atoms with van der Waals surface area (Å²) in [5.74, 6) is -0.634. The number of halogens is 2. The van der Waals surface area contributed by atoms with Crippen LogP contribution in [0.2, 0.25) is 0 Å². The number of rotatable bonds is 7. The highest BCUT2D eigenvalue weighted by molar-refractivity contribution is 7.80. The standard InChI is InChI=1S/C19H19F2NO2S/c1-2-3-7-17(13-8-10-16(20)11-9-13)22-18(23)14-5-4-6-15(12-14)19(25)24-21/h4-6,8-12,17H,2-3,7H2,1H3,(H,22,23). The number of benzene rings is 2. The fourth-order valence-corrected chi connectivity index (χ4v) is 2.63. The molecule has 0 saturated heterocycles. The Bertz CT molecular complexity index is 734. The molecule has 0 saturated carbocycles. The zero-order chi connectivity index (χ0) is 18.2. The fraction of sp³-hybridized carbons (Fsp3) is 0.263. The predicted octanol–water partition coefficient (Wildman–Crippen LogP) is 5.06. The second-order valence-corrected chi connectivity index (χ2v) is 6.04. The molecule has 2 aromatic rings. The largest absolute Gasteiger partial charge is 0.345 e. The fourth-order valence-electron chi connectivity index (χ4n) is 2.50. The third-order valence-corrected chi connectivity index (χ3v) is 4.15. The second kappa shape index (κ2) is 9.22. The first-order chi connectivity index (χ1) is 12.0. The maximum Gasteiger partial charge on any atom is 0.251 e. The first kappa shape index (κ1) is 19.0. The maximum atomic E-state index is 13.1. The lowest BCUT2D eigenvalue weighted by Gasteiger charge is -2.19. The van der Waals surface area contributed by atoms with Crippen molar-refractivity contribution in [1.29, 1.82) is 0 Å². The smallest absolute Gasteiger partial charge is 0.251 e. The third-order valence-electron chi connectivity index (χ3n) is 3.85. The quantitative estimate of drug-likeness (QED) is 0.699. The Morgan fingerprint density at radius 1 is 1.20 bits per heavy atom. The third kappa shape index (κ3) is 5.32. The lowest BCUT2D eigenvalue weighted by molar-refractivity contribution is -0.0182. The highest BCUT2D eigenvalue weighted by atomic mass is 32.1. The second-order valence-electron chi connectivity index (χ2n) is 5.67. The van der Waals surface area contributed by atoms with E-state index in [1.54, 1.807) is 30.3 Å². The summed E-state index contributed by atoms with van der Waals surface area (Å²) in [4.78, 5) is 16.1. The van der Waals surface area contributed by atoms with Gasteiger partial charge in [0.25, 0.3) is 5.91 Å². The predicted molar refractivity (Wildman–Crippen MR) is 96.5 cm³/mol. The molecular weight excluding hydrogens is 344 g/mol. The van der Waals surface area contributed by atoms with Gasteiger partial charge in [-0.15, -0.1) is 0 Å². The molecule has 0 aliphatic heterocycles. The van der Waals surface area contributed by atoms with E-state index in [-0.39, 0.29) is 22.8 Å². The Kier molecular flexibility index (Phi) is 7.01. The Morgan fingerprint density at radius 3 is 2.52 bits per heavy atom. The number of thiocarbonyl (C=S) groups is 1. The average molecular weight is 363 g/mol. The molecular formula is C19H19F2NO2S. The van der Waals surface area contributed by atoms with Crippen LogP contribution in [0.5, 0.6) is 0 Å². The van der Waals surface area contributed by atoms with Crippen molar-refractivity contribution in [2.45, 2.75) is 32.2 Å². The number of hydrogen-bond donors (Lipinski definition) is 1. The summed E-state index contributed by atoms with van der Waals surface area (Å²) in [6, 6.07) is 12.1. The van der Waals surface area contributed by atoms with E-state index in [1.165, 1.54) is 18.2 Å². The molecule has 0 radical (unpaired) electrons. The molecule has 0 aromatic heterocycles. The summed E-state index contributed by atoms with van der Waals surface area (Å²) >= 11 is 4.74. The molecule has 0 aliphatic carbocycles. The highest BCUT2D eigenvalue weighted by Gasteiger charge is 2.16. The molecule has 1 amide bonds. The van der Waals surface area contributed by atoms with E-state index in [4.69, 9.17) is 12.2 Å². The number of nitrogens with one attached hydrogen (secondary N) is 1. The summed E-state index contributed by atoms with van der Waals surface area (Å²) in [7, 11) is 0. The summed E-state index contributed by atoms with van der Waals surface area (Å²) in [5, 5.41) is 2.63. The van der Waals surface area contributed by atoms with Crippen molar-refractivity contribution in [3.05, 3.63) is 71.0 Å². The number of carbonyl (C=O) groups excluding carboxylic acids is 1. The molecule has 0 fully saturated rings. The van der Waals surface area contributed by atoms with Crippen molar-refractivity contribution in [3.63, 3.8) is 0 Å². The zero-order valence-corrected chi connectivity index (χ0v) is 14.6. The SMILES string of the molecule is CCCCC(NC(=O)c1cccc(C(=S)OF)c1)c1ccc(F)cc1. The van der Waals surface area contributed by atoms with Crippen molar-refractivity contribution in [2.75, 3.05) is 0 Å². The minimum absolute atomic E-state index is 0.235. The van der Waals surface area contributed by atoms with Gasteiger partial charge in [0.2, 0.25) is 5.05 Å². The van der Waals surface area contributed by atoms with Crippen molar-refractivity contribution in [2.24, 2.45) is 0 Å². The van der Waals surface area contributed by atoms with Crippen LogP contribution in [0.3, 0.4) is 0 Å². The van der Waals surface area contributed by atoms with Crippen molar-refractivity contribution in [1.82, 2.24) is 5.32 Å². The van der Waals surface area contributed by atoms with Gasteiger partial charge in [-0.05, 0) is 48.5 Å². The lowest BCUT2D eigenvalue weighted by atomic mass is 10.0. The molecule has 2 aromatic carbocycles. The van der Waals surface area contributed by atoms with Crippen molar-refractivity contribution < 1.29 is 18.7 Å². The molecule has 1 N–H and O–H groups in total. The molecule has 0 bridgehead atoms. The van der Waals surface area contributed by atoms with Crippen LogP contribution in [0.15, 0.2) is 48.5 Å². The van der Waals surface area contributed by atoms with Gasteiger partial charge in [0.05, 0.1) is 6.04 Å². The average Bonchev–Trinajstić information content (AvgIpc) is 2.65. The minimum Gasteiger partial charge on any atom is -0.345 e.